The van der Waals surface area contributed by atoms with Crippen LogP contribution >= 0.6 is 0 Å². The van der Waals surface area contributed by atoms with Crippen LogP contribution in [0, 0.1) is 5.92 Å². The molecule has 35 heavy (non-hydrogen) atoms. The molecule has 0 spiro atoms. The highest BCUT2D eigenvalue weighted by Crippen LogP contribution is 2.39. The number of esters is 1. The van der Waals surface area contributed by atoms with Crippen LogP contribution in [0.5, 0.6) is 0 Å². The van der Waals surface area contributed by atoms with Crippen LogP contribution in [0.2, 0.25) is 0 Å². The van der Waals surface area contributed by atoms with Crippen molar-refractivity contribution in [1.29, 1.82) is 0 Å². The fourth-order valence-electron chi connectivity index (χ4n) is 4.84. The van der Waals surface area contributed by atoms with Gasteiger partial charge in [0.25, 0.3) is 0 Å². The van der Waals surface area contributed by atoms with Crippen molar-refractivity contribution < 1.29 is 9.53 Å². The minimum atomic E-state index is -0.375. The van der Waals surface area contributed by atoms with Crippen molar-refractivity contribution in [3.63, 3.8) is 0 Å². The van der Waals surface area contributed by atoms with E-state index >= 15 is 0 Å². The van der Waals surface area contributed by atoms with Gasteiger partial charge in [-0.2, -0.15) is 0 Å². The van der Waals surface area contributed by atoms with Crippen LogP contribution in [0.25, 0.3) is 0 Å². The van der Waals surface area contributed by atoms with Gasteiger partial charge in [-0.3, -0.25) is 9.69 Å². The Morgan fingerprint density at radius 1 is 0.686 bits per heavy atom. The lowest BCUT2D eigenvalue weighted by atomic mass is 9.85. The van der Waals surface area contributed by atoms with Crippen LogP contribution in [-0.2, 0) is 22.5 Å². The number of carbonyl (C=O) groups is 1. The van der Waals surface area contributed by atoms with Gasteiger partial charge in [-0.25, -0.2) is 0 Å². The highest BCUT2D eigenvalue weighted by atomic mass is 16.5. The molecule has 3 heteroatoms. The maximum Gasteiger partial charge on any atom is 0.310 e. The first-order valence-electron chi connectivity index (χ1n) is 12.2. The molecular weight excluding hydrogens is 430 g/mol. The van der Waals surface area contributed by atoms with Crippen molar-refractivity contribution in [2.45, 2.75) is 32.0 Å². The van der Waals surface area contributed by atoms with E-state index in [1.165, 1.54) is 18.2 Å². The van der Waals surface area contributed by atoms with E-state index < -0.39 is 0 Å². The van der Waals surface area contributed by atoms with Crippen molar-refractivity contribution in [3.8, 4) is 0 Å². The van der Waals surface area contributed by atoms with Crippen LogP contribution in [-0.4, -0.2) is 18.0 Å². The van der Waals surface area contributed by atoms with Gasteiger partial charge in [0.15, 0.2) is 0 Å². The first-order chi connectivity index (χ1) is 17.2. The summed E-state index contributed by atoms with van der Waals surface area (Å²) >= 11 is 0. The molecule has 3 nitrogen and oxygen atoms in total. The van der Waals surface area contributed by atoms with Gasteiger partial charge in [0.05, 0.1) is 13.0 Å². The van der Waals surface area contributed by atoms with Gasteiger partial charge in [-0.15, -0.1) is 0 Å². The number of nitrogens with zero attached hydrogens (tertiary/aromatic N) is 1. The monoisotopic (exact) mass is 463 g/mol. The second-order valence-electron chi connectivity index (χ2n) is 8.92. The first kappa shape index (κ1) is 24.4. The Hall–Kier alpha value is -3.69. The third-order valence-electron chi connectivity index (χ3n) is 6.67. The molecule has 0 aliphatic heterocycles. The maximum absolute atomic E-state index is 13.4. The summed E-state index contributed by atoms with van der Waals surface area (Å²) in [6.45, 7) is 2.93. The van der Waals surface area contributed by atoms with Crippen LogP contribution in [0.1, 0.15) is 41.3 Å². The largest absolute Gasteiger partial charge is 0.469 e. The zero-order valence-electron chi connectivity index (χ0n) is 20.5. The second-order valence-corrected chi connectivity index (χ2v) is 8.92. The second kappa shape index (κ2) is 12.1. The van der Waals surface area contributed by atoms with Gasteiger partial charge in [0, 0.05) is 18.6 Å². The van der Waals surface area contributed by atoms with Gasteiger partial charge >= 0.3 is 5.97 Å². The Kier molecular flexibility index (Phi) is 8.48. The lowest BCUT2D eigenvalue weighted by Crippen LogP contribution is -2.40. The molecule has 4 aromatic rings. The smallest absolute Gasteiger partial charge is 0.310 e. The summed E-state index contributed by atoms with van der Waals surface area (Å²) in [6.07, 6.45) is 0.597. The molecule has 0 fully saturated rings. The highest BCUT2D eigenvalue weighted by molar-refractivity contribution is 5.74. The van der Waals surface area contributed by atoms with E-state index in [2.05, 4.69) is 84.6 Å². The molecule has 3 atom stereocenters. The normalized spacial score (nSPS) is 13.7. The van der Waals surface area contributed by atoms with Crippen LogP contribution < -0.4 is 0 Å². The molecule has 0 unspecified atom stereocenters. The minimum absolute atomic E-state index is 0.0736. The molecule has 0 aliphatic carbocycles. The third kappa shape index (κ3) is 6.26. The molecule has 178 valence electrons. The molecule has 0 amide bonds. The van der Waals surface area contributed by atoms with Gasteiger partial charge in [0.2, 0.25) is 0 Å². The Balaban J connectivity index is 1.84. The van der Waals surface area contributed by atoms with Crippen LogP contribution in [0.4, 0.5) is 0 Å². The number of ether oxygens (including phenoxy) is 1. The summed E-state index contributed by atoms with van der Waals surface area (Å²) < 4.78 is 5.41. The molecule has 4 aromatic carbocycles. The summed E-state index contributed by atoms with van der Waals surface area (Å²) in [5.74, 6) is -0.569. The van der Waals surface area contributed by atoms with Crippen molar-refractivity contribution in [2.75, 3.05) is 7.11 Å². The molecule has 0 radical (unpaired) electrons. The Bertz CT molecular complexity index is 1160. The van der Waals surface area contributed by atoms with E-state index in [0.717, 1.165) is 11.1 Å². The topological polar surface area (TPSA) is 29.5 Å². The Morgan fingerprint density at radius 3 is 1.66 bits per heavy atom. The van der Waals surface area contributed by atoms with E-state index in [1.807, 2.05) is 48.5 Å². The van der Waals surface area contributed by atoms with E-state index in [4.69, 9.17) is 4.74 Å². The number of rotatable bonds is 10. The van der Waals surface area contributed by atoms with E-state index in [0.29, 0.717) is 13.0 Å². The van der Waals surface area contributed by atoms with Gasteiger partial charge in [-0.05, 0) is 35.6 Å². The molecule has 0 aliphatic rings. The molecule has 0 saturated carbocycles. The molecule has 4 rings (SSSR count). The zero-order chi connectivity index (χ0) is 24.5. The van der Waals surface area contributed by atoms with Gasteiger partial charge in [0.1, 0.15) is 0 Å². The lowest BCUT2D eigenvalue weighted by Gasteiger charge is -2.40. The summed E-state index contributed by atoms with van der Waals surface area (Å²) in [5, 5.41) is 0. The highest BCUT2D eigenvalue weighted by Gasteiger charge is 2.37. The van der Waals surface area contributed by atoms with Crippen molar-refractivity contribution in [1.82, 2.24) is 4.90 Å². The van der Waals surface area contributed by atoms with E-state index in [-0.39, 0.29) is 24.0 Å². The average molecular weight is 464 g/mol. The molecule has 0 saturated heterocycles. The molecule has 0 N–H and O–H groups in total. The first-order valence-corrected chi connectivity index (χ1v) is 12.2. The minimum Gasteiger partial charge on any atom is -0.469 e. The summed E-state index contributed by atoms with van der Waals surface area (Å²) in [7, 11) is 1.49. The van der Waals surface area contributed by atoms with E-state index in [1.54, 1.807) is 0 Å². The zero-order valence-corrected chi connectivity index (χ0v) is 20.5. The number of hydrogen-bond acceptors (Lipinski definition) is 3. The quantitative estimate of drug-likeness (QED) is 0.237. The SMILES string of the molecule is COC(=O)[C@@H](Cc1ccccc1)[C@@H](c1ccccc1)N(Cc1ccccc1)[C@H](C)c1ccccc1. The van der Waals surface area contributed by atoms with Gasteiger partial charge in [-0.1, -0.05) is 121 Å². The summed E-state index contributed by atoms with van der Waals surface area (Å²) in [5.41, 5.74) is 4.65. The predicted molar refractivity (Wildman–Crippen MR) is 142 cm³/mol. The average Bonchev–Trinajstić information content (AvgIpc) is 2.93. The molecular formula is C32H33NO2. The molecule has 0 aromatic heterocycles. The number of methoxy groups -OCH3 is 1. The number of benzene rings is 4. The lowest BCUT2D eigenvalue weighted by molar-refractivity contribution is -0.148. The maximum atomic E-state index is 13.4. The Morgan fingerprint density at radius 2 is 1.14 bits per heavy atom. The summed E-state index contributed by atoms with van der Waals surface area (Å²) in [6, 6.07) is 41.5. The van der Waals surface area contributed by atoms with Crippen molar-refractivity contribution in [2.24, 2.45) is 5.92 Å². The Labute approximate surface area is 209 Å². The van der Waals surface area contributed by atoms with E-state index in [9.17, 15) is 4.79 Å². The number of carbonyl (C=O) groups excluding carboxylic acids is 1. The number of hydrogen-bond donors (Lipinski definition) is 0. The third-order valence-corrected chi connectivity index (χ3v) is 6.67. The summed E-state index contributed by atoms with van der Waals surface area (Å²) in [4.78, 5) is 15.8. The molecule has 0 heterocycles. The van der Waals surface area contributed by atoms with Gasteiger partial charge < -0.3 is 4.74 Å². The standard InChI is InChI=1S/C32H33NO2/c1-25(28-19-11-5-12-20-28)33(24-27-17-9-4-10-18-27)31(29-21-13-6-14-22-29)30(32(34)35-2)23-26-15-7-3-8-16-26/h3-22,25,30-31H,23-24H2,1-2H3/t25-,30+,31-/m1/s1. The van der Waals surface area contributed by atoms with Crippen LogP contribution in [0.3, 0.4) is 0 Å². The van der Waals surface area contributed by atoms with Crippen molar-refractivity contribution >= 4 is 5.97 Å². The van der Waals surface area contributed by atoms with Crippen LogP contribution in [0.15, 0.2) is 121 Å². The predicted octanol–water partition coefficient (Wildman–Crippen LogP) is 7.02. The van der Waals surface area contributed by atoms with Crippen molar-refractivity contribution in [3.05, 3.63) is 144 Å². The fourth-order valence-corrected chi connectivity index (χ4v) is 4.84. The molecule has 0 bridgehead atoms. The fraction of sp³-hybridized carbons (Fsp3) is 0.219.